The second-order valence-corrected chi connectivity index (χ2v) is 7.14. The van der Waals surface area contributed by atoms with Gasteiger partial charge in [0.2, 0.25) is 0 Å². The molecule has 0 saturated carbocycles. The first-order valence-electron chi connectivity index (χ1n) is 8.11. The third-order valence-corrected chi connectivity index (χ3v) is 3.22. The van der Waals surface area contributed by atoms with Crippen LogP contribution in [0.15, 0.2) is 36.8 Å². The molecule has 0 aliphatic carbocycles. The zero-order valence-corrected chi connectivity index (χ0v) is 16.5. The summed E-state index contributed by atoms with van der Waals surface area (Å²) in [7, 11) is 0. The molecule has 0 fully saturated rings. The summed E-state index contributed by atoms with van der Waals surface area (Å²) in [5.41, 5.74) is 5.36. The third-order valence-electron chi connectivity index (χ3n) is 3.01. The molecule has 0 radical (unpaired) electrons. The number of nitrogens with zero attached hydrogens (tertiary/aromatic N) is 3. The number of aromatic nitrogens is 2. The highest BCUT2D eigenvalue weighted by Crippen LogP contribution is 2.34. The molecule has 0 bridgehead atoms. The fraction of sp³-hybridized carbons (Fsp3) is 0.389. The Labute approximate surface area is 166 Å². The van der Waals surface area contributed by atoms with Crippen LogP contribution in [0.3, 0.4) is 0 Å². The lowest BCUT2D eigenvalue weighted by Crippen LogP contribution is -2.18. The van der Waals surface area contributed by atoms with E-state index < -0.39 is 12.3 Å². The van der Waals surface area contributed by atoms with Gasteiger partial charge in [0, 0.05) is 17.4 Å². The molecule has 1 atom stereocenters. The molecule has 1 aromatic carbocycles. The Bertz CT molecular complexity index is 781. The van der Waals surface area contributed by atoms with Crippen LogP contribution in [0.25, 0.3) is 5.32 Å². The molecule has 2 aromatic rings. The number of benzene rings is 1. The summed E-state index contributed by atoms with van der Waals surface area (Å²) in [6.07, 6.45) is -0.513. The van der Waals surface area contributed by atoms with Crippen LogP contribution in [0.1, 0.15) is 49.8 Å². The first kappa shape index (κ1) is 23.6. The van der Waals surface area contributed by atoms with Crippen molar-refractivity contribution in [1.29, 1.82) is 0 Å². The SMILES string of the molecule is CC([N-]C(C)(C)C)c1cc(Cl)cc(OC(F)(F)F)c1.NC(=O)c1cnccn1. The van der Waals surface area contributed by atoms with E-state index in [1.165, 1.54) is 24.7 Å². The second-order valence-electron chi connectivity index (χ2n) is 6.70. The van der Waals surface area contributed by atoms with Gasteiger partial charge in [-0.05, 0) is 18.2 Å². The van der Waals surface area contributed by atoms with Gasteiger partial charge in [-0.1, -0.05) is 44.9 Å². The van der Waals surface area contributed by atoms with Crippen molar-refractivity contribution in [1.82, 2.24) is 9.97 Å². The van der Waals surface area contributed by atoms with Crippen LogP contribution in [0.4, 0.5) is 13.2 Å². The zero-order chi connectivity index (χ0) is 21.5. The average Bonchev–Trinajstić information content (AvgIpc) is 2.52. The van der Waals surface area contributed by atoms with Crippen LogP contribution in [0, 0.1) is 0 Å². The summed E-state index contributed by atoms with van der Waals surface area (Å²) in [6, 6.07) is 3.75. The fourth-order valence-electron chi connectivity index (χ4n) is 2.10. The molecule has 1 heterocycles. The lowest BCUT2D eigenvalue weighted by atomic mass is 10.0. The minimum atomic E-state index is -4.73. The third kappa shape index (κ3) is 9.52. The molecule has 0 saturated heterocycles. The zero-order valence-electron chi connectivity index (χ0n) is 15.8. The van der Waals surface area contributed by atoms with Crippen molar-refractivity contribution < 1.29 is 22.7 Å². The normalized spacial score (nSPS) is 12.6. The van der Waals surface area contributed by atoms with Gasteiger partial charge in [0.15, 0.2) is 0 Å². The number of primary amides is 1. The number of hydrogen-bond acceptors (Lipinski definition) is 4. The smallest absolute Gasteiger partial charge is 0.573 e. The lowest BCUT2D eigenvalue weighted by molar-refractivity contribution is -0.274. The van der Waals surface area contributed by atoms with Crippen LogP contribution in [-0.4, -0.2) is 27.8 Å². The van der Waals surface area contributed by atoms with Crippen molar-refractivity contribution in [3.05, 3.63) is 58.4 Å². The monoisotopic (exact) mass is 417 g/mol. The first-order chi connectivity index (χ1) is 12.8. The molecule has 10 heteroatoms. The molecule has 2 rings (SSSR count). The van der Waals surface area contributed by atoms with Gasteiger partial charge in [0.1, 0.15) is 11.4 Å². The van der Waals surface area contributed by atoms with Gasteiger partial charge in [0.25, 0.3) is 5.91 Å². The van der Waals surface area contributed by atoms with Crippen LogP contribution in [0.2, 0.25) is 5.02 Å². The molecular weight excluding hydrogens is 397 g/mol. The Morgan fingerprint density at radius 3 is 2.29 bits per heavy atom. The van der Waals surface area contributed by atoms with Crippen molar-refractivity contribution >= 4 is 17.5 Å². The molecule has 0 aliphatic rings. The van der Waals surface area contributed by atoms with Gasteiger partial charge in [-0.15, -0.1) is 24.8 Å². The number of carbonyl (C=O) groups is 1. The molecule has 0 aliphatic heterocycles. The summed E-state index contributed by atoms with van der Waals surface area (Å²) in [6.45, 7) is 7.55. The number of alkyl halides is 3. The average molecular weight is 418 g/mol. The van der Waals surface area contributed by atoms with Crippen molar-refractivity contribution in [3.8, 4) is 5.75 Å². The topological polar surface area (TPSA) is 92.2 Å². The fourth-order valence-corrected chi connectivity index (χ4v) is 2.33. The Morgan fingerprint density at radius 1 is 1.21 bits per heavy atom. The van der Waals surface area contributed by atoms with E-state index in [-0.39, 0.29) is 28.0 Å². The summed E-state index contributed by atoms with van der Waals surface area (Å²) in [4.78, 5) is 17.6. The molecule has 1 unspecified atom stereocenters. The van der Waals surface area contributed by atoms with Crippen molar-refractivity contribution in [3.63, 3.8) is 0 Å². The maximum atomic E-state index is 12.2. The van der Waals surface area contributed by atoms with Crippen molar-refractivity contribution in [2.24, 2.45) is 5.73 Å². The predicted octanol–water partition coefficient (Wildman–Crippen LogP) is 5.05. The number of hydrogen-bond donors (Lipinski definition) is 1. The van der Waals surface area contributed by atoms with Gasteiger partial charge < -0.3 is 15.8 Å². The quantitative estimate of drug-likeness (QED) is 0.753. The molecule has 154 valence electrons. The van der Waals surface area contributed by atoms with Gasteiger partial charge in [-0.25, -0.2) is 4.98 Å². The Morgan fingerprint density at radius 2 is 1.86 bits per heavy atom. The van der Waals surface area contributed by atoms with Crippen LogP contribution < -0.4 is 10.5 Å². The highest BCUT2D eigenvalue weighted by atomic mass is 35.5. The Hall–Kier alpha value is -2.39. The number of halogens is 4. The molecular formula is C18H21ClF3N4O2-. The van der Waals surface area contributed by atoms with E-state index in [2.05, 4.69) is 20.0 Å². The summed E-state index contributed by atoms with van der Waals surface area (Å²) >= 11 is 5.81. The lowest BCUT2D eigenvalue weighted by Gasteiger charge is -2.42. The highest BCUT2D eigenvalue weighted by Gasteiger charge is 2.31. The minimum absolute atomic E-state index is 0.188. The van der Waals surface area contributed by atoms with E-state index in [9.17, 15) is 18.0 Å². The molecule has 1 amide bonds. The number of nitrogens with two attached hydrogens (primary N) is 1. The largest absolute Gasteiger partial charge is 0.651 e. The highest BCUT2D eigenvalue weighted by molar-refractivity contribution is 6.30. The summed E-state index contributed by atoms with van der Waals surface area (Å²) in [5, 5.41) is 4.65. The molecule has 2 N–H and O–H groups in total. The standard InChI is InChI=1S/C13H16ClF3NO.C5H5N3O/c1-8(18-12(2,3)4)9-5-10(14)7-11(6-9)19-13(15,16)17;6-5(9)4-3-7-1-2-8-4/h5-8H,1-4H3;1-3H,(H2,6,9)/q-1;. The van der Waals surface area contributed by atoms with Crippen LogP contribution in [0.5, 0.6) is 5.75 Å². The van der Waals surface area contributed by atoms with E-state index in [1.54, 1.807) is 13.0 Å². The van der Waals surface area contributed by atoms with Gasteiger partial charge in [-0.3, -0.25) is 9.78 Å². The number of amides is 1. The van der Waals surface area contributed by atoms with Gasteiger partial charge in [0.05, 0.1) is 6.20 Å². The maximum absolute atomic E-state index is 12.2. The van der Waals surface area contributed by atoms with E-state index >= 15 is 0 Å². The van der Waals surface area contributed by atoms with Gasteiger partial charge in [-0.2, -0.15) is 0 Å². The second kappa shape index (κ2) is 9.70. The maximum Gasteiger partial charge on any atom is 0.573 e. The first-order valence-corrected chi connectivity index (χ1v) is 8.49. The Balaban J connectivity index is 0.000000362. The van der Waals surface area contributed by atoms with Crippen molar-refractivity contribution in [2.75, 3.05) is 0 Å². The van der Waals surface area contributed by atoms with E-state index in [4.69, 9.17) is 17.3 Å². The van der Waals surface area contributed by atoms with Crippen molar-refractivity contribution in [2.45, 2.75) is 45.6 Å². The Kier molecular flexibility index (Phi) is 8.19. The van der Waals surface area contributed by atoms with E-state index in [0.717, 1.165) is 6.07 Å². The number of carbonyl (C=O) groups excluding carboxylic acids is 1. The van der Waals surface area contributed by atoms with Crippen LogP contribution >= 0.6 is 11.6 Å². The summed E-state index contributed by atoms with van der Waals surface area (Å²) < 4.78 is 40.4. The summed E-state index contributed by atoms with van der Waals surface area (Å²) in [5.74, 6) is -0.881. The molecule has 6 nitrogen and oxygen atoms in total. The molecule has 0 spiro atoms. The van der Waals surface area contributed by atoms with Crippen LogP contribution in [-0.2, 0) is 0 Å². The minimum Gasteiger partial charge on any atom is -0.651 e. The predicted molar refractivity (Wildman–Crippen MR) is 100 cm³/mol. The number of rotatable bonds is 4. The van der Waals surface area contributed by atoms with E-state index in [1.807, 2.05) is 20.8 Å². The number of ether oxygens (including phenoxy) is 1. The molecule has 28 heavy (non-hydrogen) atoms. The molecule has 1 aromatic heterocycles. The van der Waals surface area contributed by atoms with E-state index in [0.29, 0.717) is 5.56 Å². The van der Waals surface area contributed by atoms with Gasteiger partial charge >= 0.3 is 6.36 Å².